The molecule has 0 radical (unpaired) electrons. The molecule has 2 fully saturated rings. The standard InChI is InChI=1S/C12H13BrF2N4O.C12H13BrF2N4/c13-11-9(6-19(17-11)12(14)15)10(20)8-3-16-18(5-8)4-7-1-2-7;13-11-10(7-19(17-11)12(14)15)3-9-4-16-18(6-9)5-8-1-2-8/h3,5-7,10,12,20H,1-2,4H2;4,6-8,12H,1-3,5H2. The van der Waals surface area contributed by atoms with Crippen molar-refractivity contribution < 1.29 is 22.7 Å². The van der Waals surface area contributed by atoms with Crippen molar-refractivity contribution in [3.05, 3.63) is 68.6 Å². The zero-order valence-electron chi connectivity index (χ0n) is 20.6. The van der Waals surface area contributed by atoms with E-state index >= 15 is 0 Å². The summed E-state index contributed by atoms with van der Waals surface area (Å²) >= 11 is 6.30. The van der Waals surface area contributed by atoms with Crippen LogP contribution in [0, 0.1) is 11.8 Å². The molecule has 0 aliphatic heterocycles. The van der Waals surface area contributed by atoms with E-state index in [0.29, 0.717) is 37.4 Å². The zero-order chi connectivity index (χ0) is 27.7. The lowest BCUT2D eigenvalue weighted by molar-refractivity contribution is 0.0557. The maximum Gasteiger partial charge on any atom is 0.333 e. The molecule has 4 aromatic rings. The van der Waals surface area contributed by atoms with Crippen LogP contribution in [0.25, 0.3) is 0 Å². The molecular weight excluding hydrogens is 652 g/mol. The molecule has 2 saturated carbocycles. The molecule has 9 nitrogen and oxygen atoms in total. The van der Waals surface area contributed by atoms with Gasteiger partial charge in [0.1, 0.15) is 15.3 Å². The van der Waals surface area contributed by atoms with Crippen molar-refractivity contribution in [1.29, 1.82) is 0 Å². The first-order chi connectivity index (χ1) is 18.7. The molecule has 2 aliphatic rings. The van der Waals surface area contributed by atoms with E-state index in [1.54, 1.807) is 23.3 Å². The van der Waals surface area contributed by atoms with E-state index < -0.39 is 19.2 Å². The third kappa shape index (κ3) is 7.37. The summed E-state index contributed by atoms with van der Waals surface area (Å²) in [7, 11) is 0. The molecule has 4 heterocycles. The lowest BCUT2D eigenvalue weighted by atomic mass is 10.1. The summed E-state index contributed by atoms with van der Waals surface area (Å²) in [4.78, 5) is 0. The average Bonchev–Trinajstić information content (AvgIpc) is 3.67. The van der Waals surface area contributed by atoms with E-state index in [1.165, 1.54) is 31.9 Å². The quantitative estimate of drug-likeness (QED) is 0.209. The highest BCUT2D eigenvalue weighted by Gasteiger charge is 2.25. The van der Waals surface area contributed by atoms with Gasteiger partial charge in [-0.3, -0.25) is 9.36 Å². The Morgan fingerprint density at radius 1 is 0.795 bits per heavy atom. The summed E-state index contributed by atoms with van der Waals surface area (Å²) in [5, 5.41) is 26.1. The molecule has 0 spiro atoms. The first kappa shape index (κ1) is 28.0. The van der Waals surface area contributed by atoms with Gasteiger partial charge in [-0.05, 0) is 74.9 Å². The second-order valence-corrected chi connectivity index (χ2v) is 11.4. The van der Waals surface area contributed by atoms with Gasteiger partial charge in [-0.25, -0.2) is 9.36 Å². The van der Waals surface area contributed by atoms with Crippen molar-refractivity contribution in [2.24, 2.45) is 11.8 Å². The summed E-state index contributed by atoms with van der Waals surface area (Å²) in [6.07, 6.45) is 14.1. The van der Waals surface area contributed by atoms with Gasteiger partial charge in [0.05, 0.1) is 12.4 Å². The summed E-state index contributed by atoms with van der Waals surface area (Å²) in [5.74, 6) is 1.44. The molecule has 15 heteroatoms. The predicted octanol–water partition coefficient (Wildman–Crippen LogP) is 5.97. The third-order valence-electron chi connectivity index (χ3n) is 6.50. The molecule has 0 amide bonds. The van der Waals surface area contributed by atoms with Gasteiger partial charge in [-0.15, -0.1) is 0 Å². The second-order valence-electron chi connectivity index (χ2n) is 9.87. The molecule has 1 unspecified atom stereocenters. The highest BCUT2D eigenvalue weighted by Crippen LogP contribution is 2.32. The smallest absolute Gasteiger partial charge is 0.333 e. The maximum atomic E-state index is 12.6. The first-order valence-electron chi connectivity index (χ1n) is 12.4. The summed E-state index contributed by atoms with van der Waals surface area (Å²) in [6.45, 7) is -3.55. The highest BCUT2D eigenvalue weighted by molar-refractivity contribution is 9.10. The Morgan fingerprint density at radius 3 is 1.92 bits per heavy atom. The van der Waals surface area contributed by atoms with Crippen LogP contribution in [0.15, 0.2) is 46.4 Å². The van der Waals surface area contributed by atoms with Gasteiger partial charge < -0.3 is 5.11 Å². The normalized spacial score (nSPS) is 16.1. The minimum absolute atomic E-state index is 0.209. The molecule has 1 atom stereocenters. The Kier molecular flexibility index (Phi) is 8.57. The Bertz CT molecular complexity index is 1390. The van der Waals surface area contributed by atoms with Gasteiger partial charge in [0.15, 0.2) is 0 Å². The summed E-state index contributed by atoms with van der Waals surface area (Å²) in [5.41, 5.74) is 2.62. The summed E-state index contributed by atoms with van der Waals surface area (Å²) < 4.78 is 55.7. The molecule has 4 aromatic heterocycles. The molecule has 0 saturated heterocycles. The van der Waals surface area contributed by atoms with E-state index in [0.717, 1.165) is 36.3 Å². The lowest BCUT2D eigenvalue weighted by Gasteiger charge is -2.05. The average molecular weight is 678 g/mol. The molecule has 0 aromatic carbocycles. The van der Waals surface area contributed by atoms with Gasteiger partial charge in [0.25, 0.3) is 0 Å². The van der Waals surface area contributed by atoms with Crippen molar-refractivity contribution in [2.75, 3.05) is 0 Å². The fraction of sp³-hybridized carbons (Fsp3) is 0.500. The third-order valence-corrected chi connectivity index (χ3v) is 7.78. The van der Waals surface area contributed by atoms with Crippen molar-refractivity contribution in [2.45, 2.75) is 64.4 Å². The predicted molar refractivity (Wildman–Crippen MR) is 139 cm³/mol. The van der Waals surface area contributed by atoms with Crippen molar-refractivity contribution in [1.82, 2.24) is 39.1 Å². The number of aromatic nitrogens is 8. The first-order valence-corrected chi connectivity index (χ1v) is 14.0. The molecule has 1 N–H and O–H groups in total. The van der Waals surface area contributed by atoms with Gasteiger partial charge >= 0.3 is 13.1 Å². The molecule has 0 bridgehead atoms. The SMILES string of the molecule is FC(F)n1cc(Cc2cnn(CC3CC3)c2)c(Br)n1.OC(c1cnn(CC2CC2)c1)c1cn(C(F)F)nc1Br. The molecule has 2 aliphatic carbocycles. The molecular formula is C24H26Br2F4N8O. The number of halogens is 6. The van der Waals surface area contributed by atoms with Crippen LogP contribution in [0.5, 0.6) is 0 Å². The van der Waals surface area contributed by atoms with Crippen LogP contribution < -0.4 is 0 Å². The fourth-order valence-electron chi connectivity index (χ4n) is 4.04. The number of nitrogens with zero attached hydrogens (tertiary/aromatic N) is 8. The Balaban J connectivity index is 0.000000158. The molecule has 6 rings (SSSR count). The van der Waals surface area contributed by atoms with Crippen LogP contribution in [0.4, 0.5) is 17.6 Å². The minimum atomic E-state index is -2.73. The van der Waals surface area contributed by atoms with Crippen molar-refractivity contribution in [3.63, 3.8) is 0 Å². The Hall–Kier alpha value is -2.52. The van der Waals surface area contributed by atoms with Crippen molar-refractivity contribution >= 4 is 31.9 Å². The van der Waals surface area contributed by atoms with Gasteiger partial charge in [0.2, 0.25) is 0 Å². The topological polar surface area (TPSA) is 91.5 Å². The monoisotopic (exact) mass is 676 g/mol. The number of hydrogen-bond donors (Lipinski definition) is 1. The molecule has 210 valence electrons. The summed E-state index contributed by atoms with van der Waals surface area (Å²) in [6, 6.07) is 0. The van der Waals surface area contributed by atoms with Gasteiger partial charge in [0, 0.05) is 61.0 Å². The number of rotatable bonds is 10. The number of aliphatic hydroxyl groups excluding tert-OH is 1. The van der Waals surface area contributed by atoms with Crippen molar-refractivity contribution in [3.8, 4) is 0 Å². The van der Waals surface area contributed by atoms with E-state index in [2.05, 4.69) is 52.3 Å². The van der Waals surface area contributed by atoms with Crippen LogP contribution in [-0.4, -0.2) is 44.2 Å². The van der Waals surface area contributed by atoms with Crippen LogP contribution in [0.2, 0.25) is 0 Å². The Labute approximate surface area is 238 Å². The fourth-order valence-corrected chi connectivity index (χ4v) is 4.97. The number of alkyl halides is 4. The number of hydrogen-bond acceptors (Lipinski definition) is 5. The van der Waals surface area contributed by atoms with Crippen LogP contribution in [0.1, 0.15) is 67.1 Å². The van der Waals surface area contributed by atoms with E-state index in [4.69, 9.17) is 0 Å². The zero-order valence-corrected chi connectivity index (χ0v) is 23.8. The second kappa shape index (κ2) is 11.9. The number of aliphatic hydroxyl groups is 1. The van der Waals surface area contributed by atoms with E-state index in [9.17, 15) is 22.7 Å². The largest absolute Gasteiger partial charge is 0.383 e. The molecule has 39 heavy (non-hydrogen) atoms. The minimum Gasteiger partial charge on any atom is -0.383 e. The van der Waals surface area contributed by atoms with E-state index in [1.807, 2.05) is 10.9 Å². The van der Waals surface area contributed by atoms with Gasteiger partial charge in [-0.1, -0.05) is 0 Å². The van der Waals surface area contributed by atoms with Crippen LogP contribution >= 0.6 is 31.9 Å². The van der Waals surface area contributed by atoms with Crippen LogP contribution in [0.3, 0.4) is 0 Å². The Morgan fingerprint density at radius 2 is 1.36 bits per heavy atom. The lowest BCUT2D eigenvalue weighted by Crippen LogP contribution is -2.01. The van der Waals surface area contributed by atoms with Gasteiger partial charge in [-0.2, -0.15) is 38.0 Å². The maximum absolute atomic E-state index is 12.6. The van der Waals surface area contributed by atoms with Crippen LogP contribution in [-0.2, 0) is 19.5 Å². The van der Waals surface area contributed by atoms with E-state index in [-0.39, 0.29) is 4.60 Å². The highest BCUT2D eigenvalue weighted by atomic mass is 79.9.